The van der Waals surface area contributed by atoms with Gasteiger partial charge in [0.2, 0.25) is 5.60 Å². The van der Waals surface area contributed by atoms with E-state index < -0.39 is 17.7 Å². The summed E-state index contributed by atoms with van der Waals surface area (Å²) in [6.45, 7) is 6.42. The van der Waals surface area contributed by atoms with E-state index in [1.807, 2.05) is 18.2 Å². The van der Waals surface area contributed by atoms with Gasteiger partial charge in [-0.1, -0.05) is 62.4 Å². The molecule has 9 atom stereocenters. The van der Waals surface area contributed by atoms with Crippen molar-refractivity contribution in [1.29, 1.82) is 0 Å². The Morgan fingerprint density at radius 3 is 2.63 bits per heavy atom. The molecule has 1 saturated carbocycles. The van der Waals surface area contributed by atoms with Crippen LogP contribution in [0, 0.1) is 23.7 Å². The number of fused-ring (bicyclic) bond motifs is 2. The van der Waals surface area contributed by atoms with E-state index in [9.17, 15) is 14.7 Å². The number of epoxide rings is 1. The minimum atomic E-state index is -1.33. The molecule has 3 unspecified atom stereocenters. The molecule has 188 valence electrons. The van der Waals surface area contributed by atoms with Crippen LogP contribution in [0.2, 0.25) is 0 Å². The van der Waals surface area contributed by atoms with Gasteiger partial charge in [-0.3, -0.25) is 4.79 Å². The molecule has 6 heteroatoms. The van der Waals surface area contributed by atoms with Crippen LogP contribution < -0.4 is 5.32 Å². The maximum Gasteiger partial charge on any atom is 0.331 e. The fraction of sp³-hybridized carbons (Fsp3) is 0.586. The van der Waals surface area contributed by atoms with Crippen LogP contribution in [-0.4, -0.2) is 46.4 Å². The van der Waals surface area contributed by atoms with Crippen LogP contribution in [0.5, 0.6) is 0 Å². The molecule has 1 aromatic rings. The SMILES string of the molecule is C[C@H]1C/C=C/C2[C@@H]3O[C@]3(C)[C@@H](C)C3[C@H](Cc4ccccc4)NC(=O)[C@]32OC(=O)/C=C/CC(O)CC1. The van der Waals surface area contributed by atoms with Gasteiger partial charge in [-0.2, -0.15) is 0 Å². The Labute approximate surface area is 207 Å². The molecule has 2 saturated heterocycles. The monoisotopic (exact) mass is 479 g/mol. The zero-order chi connectivity index (χ0) is 24.8. The Bertz CT molecular complexity index is 1020. The summed E-state index contributed by atoms with van der Waals surface area (Å²) >= 11 is 0. The molecule has 0 aromatic heterocycles. The molecule has 5 rings (SSSR count). The molecule has 1 spiro atoms. The molecule has 2 N–H and O–H groups in total. The van der Waals surface area contributed by atoms with Gasteiger partial charge >= 0.3 is 5.97 Å². The normalized spacial score (nSPS) is 45.1. The second kappa shape index (κ2) is 9.21. The van der Waals surface area contributed by atoms with Crippen LogP contribution in [0.15, 0.2) is 54.6 Å². The number of amides is 1. The molecule has 3 fully saturated rings. The molecule has 3 heterocycles. The Morgan fingerprint density at radius 2 is 1.86 bits per heavy atom. The average molecular weight is 480 g/mol. The summed E-state index contributed by atoms with van der Waals surface area (Å²) < 4.78 is 12.5. The van der Waals surface area contributed by atoms with Gasteiger partial charge < -0.3 is 19.9 Å². The number of nitrogens with one attached hydrogen (secondary N) is 1. The van der Waals surface area contributed by atoms with E-state index in [-0.39, 0.29) is 41.4 Å². The molecular formula is C29H37NO5. The first-order valence-corrected chi connectivity index (χ1v) is 13.0. The van der Waals surface area contributed by atoms with Gasteiger partial charge in [-0.05, 0) is 56.4 Å². The minimum absolute atomic E-state index is 0.0150. The Hall–Kier alpha value is -2.44. The molecule has 0 bridgehead atoms. The van der Waals surface area contributed by atoms with Crippen molar-refractivity contribution in [3.05, 3.63) is 60.2 Å². The summed E-state index contributed by atoms with van der Waals surface area (Å²) in [6, 6.07) is 9.94. The van der Waals surface area contributed by atoms with E-state index in [0.717, 1.165) is 18.4 Å². The molecule has 4 aliphatic rings. The average Bonchev–Trinajstić information content (AvgIpc) is 3.44. The van der Waals surface area contributed by atoms with Gasteiger partial charge in [-0.15, -0.1) is 0 Å². The highest BCUT2D eigenvalue weighted by Crippen LogP contribution is 2.63. The first-order chi connectivity index (χ1) is 16.8. The lowest BCUT2D eigenvalue weighted by Gasteiger charge is -2.45. The smallest absolute Gasteiger partial charge is 0.331 e. The number of rotatable bonds is 2. The Morgan fingerprint density at radius 1 is 1.09 bits per heavy atom. The van der Waals surface area contributed by atoms with Gasteiger partial charge in [0.25, 0.3) is 5.91 Å². The van der Waals surface area contributed by atoms with E-state index in [0.29, 0.717) is 25.2 Å². The van der Waals surface area contributed by atoms with Crippen molar-refractivity contribution in [2.75, 3.05) is 0 Å². The third-order valence-electron chi connectivity index (χ3n) is 8.86. The van der Waals surface area contributed by atoms with Crippen LogP contribution in [0.25, 0.3) is 0 Å². The van der Waals surface area contributed by atoms with Crippen molar-refractivity contribution in [3.8, 4) is 0 Å². The highest BCUT2D eigenvalue weighted by molar-refractivity contribution is 5.94. The van der Waals surface area contributed by atoms with Crippen molar-refractivity contribution in [3.63, 3.8) is 0 Å². The lowest BCUT2D eigenvalue weighted by Crippen LogP contribution is -2.61. The highest BCUT2D eigenvalue weighted by Gasteiger charge is 2.78. The third-order valence-corrected chi connectivity index (χ3v) is 8.86. The molecule has 1 aromatic carbocycles. The molecule has 6 nitrogen and oxygen atoms in total. The zero-order valence-electron chi connectivity index (χ0n) is 20.9. The summed E-state index contributed by atoms with van der Waals surface area (Å²) in [5.74, 6) is -0.947. The topological polar surface area (TPSA) is 88.2 Å². The second-order valence-electron chi connectivity index (χ2n) is 11.2. The maximum absolute atomic E-state index is 13.8. The number of ether oxygens (including phenoxy) is 2. The quantitative estimate of drug-likeness (QED) is 0.383. The molecule has 1 aliphatic carbocycles. The van der Waals surface area contributed by atoms with Crippen molar-refractivity contribution in [2.24, 2.45) is 23.7 Å². The van der Waals surface area contributed by atoms with Crippen LogP contribution in [0.1, 0.15) is 52.0 Å². The summed E-state index contributed by atoms with van der Waals surface area (Å²) in [4.78, 5) is 26.9. The minimum Gasteiger partial charge on any atom is -0.445 e. The van der Waals surface area contributed by atoms with Gasteiger partial charge in [-0.25, -0.2) is 4.79 Å². The van der Waals surface area contributed by atoms with E-state index in [1.165, 1.54) is 6.08 Å². The molecule has 3 aliphatic heterocycles. The molecule has 0 radical (unpaired) electrons. The zero-order valence-corrected chi connectivity index (χ0v) is 20.9. The van der Waals surface area contributed by atoms with E-state index in [4.69, 9.17) is 9.47 Å². The number of carbonyl (C=O) groups is 2. The first-order valence-electron chi connectivity index (χ1n) is 13.0. The van der Waals surface area contributed by atoms with Gasteiger partial charge in [0, 0.05) is 18.0 Å². The summed E-state index contributed by atoms with van der Waals surface area (Å²) in [6.07, 6.45) is 10.0. The number of aliphatic hydroxyl groups is 1. The highest BCUT2D eigenvalue weighted by atomic mass is 16.6. The van der Waals surface area contributed by atoms with Crippen LogP contribution in [0.3, 0.4) is 0 Å². The lowest BCUT2D eigenvalue weighted by atomic mass is 9.59. The number of hydrogen-bond donors (Lipinski definition) is 2. The Balaban J connectivity index is 1.55. The van der Waals surface area contributed by atoms with Crippen LogP contribution in [-0.2, 0) is 25.5 Å². The standard InChI is InChI=1S/C29H37NO5/c1-18-9-7-13-22-26-28(3,35-26)19(2)25-23(17-20-10-5-4-6-11-20)30-27(33)29(22,25)34-24(32)14-8-12-21(31)16-15-18/h4-8,10-11,13-14,18-19,21-23,25-26,31H,9,12,15-17H2,1-3H3,(H,30,33)/b13-7+,14-8+/t18-,19-,21?,22?,23-,25?,26-,28+,29+/m0/s1. The van der Waals surface area contributed by atoms with E-state index in [1.54, 1.807) is 6.08 Å². The van der Waals surface area contributed by atoms with Crippen molar-refractivity contribution >= 4 is 11.9 Å². The number of aliphatic hydroxyl groups excluding tert-OH is 1. The van der Waals surface area contributed by atoms with Crippen molar-refractivity contribution in [1.82, 2.24) is 5.32 Å². The third kappa shape index (κ3) is 4.25. The molecule has 1 amide bonds. The van der Waals surface area contributed by atoms with Gasteiger partial charge in [0.15, 0.2) is 0 Å². The van der Waals surface area contributed by atoms with Crippen LogP contribution in [0.4, 0.5) is 0 Å². The predicted molar refractivity (Wildman–Crippen MR) is 132 cm³/mol. The van der Waals surface area contributed by atoms with E-state index in [2.05, 4.69) is 50.4 Å². The number of benzene rings is 1. The number of esters is 1. The first kappa shape index (κ1) is 24.3. The fourth-order valence-corrected chi connectivity index (χ4v) is 6.70. The number of carbonyl (C=O) groups excluding carboxylic acids is 2. The molecular weight excluding hydrogens is 442 g/mol. The van der Waals surface area contributed by atoms with E-state index >= 15 is 0 Å². The largest absolute Gasteiger partial charge is 0.445 e. The number of allylic oxidation sites excluding steroid dienone is 1. The van der Waals surface area contributed by atoms with Crippen molar-refractivity contribution in [2.45, 2.75) is 82.3 Å². The Kier molecular flexibility index (Phi) is 6.39. The summed E-state index contributed by atoms with van der Waals surface area (Å²) in [7, 11) is 0. The van der Waals surface area contributed by atoms with Crippen LogP contribution >= 0.6 is 0 Å². The van der Waals surface area contributed by atoms with Gasteiger partial charge in [0.05, 0.1) is 23.7 Å². The van der Waals surface area contributed by atoms with Crippen molar-refractivity contribution < 1.29 is 24.2 Å². The summed E-state index contributed by atoms with van der Waals surface area (Å²) in [5.41, 5.74) is -0.551. The maximum atomic E-state index is 13.8. The predicted octanol–water partition coefficient (Wildman–Crippen LogP) is 3.73. The summed E-state index contributed by atoms with van der Waals surface area (Å²) in [5, 5.41) is 13.5. The number of hydrogen-bond acceptors (Lipinski definition) is 5. The molecule has 35 heavy (non-hydrogen) atoms. The lowest BCUT2D eigenvalue weighted by molar-refractivity contribution is -0.177. The fourth-order valence-electron chi connectivity index (χ4n) is 6.70. The second-order valence-corrected chi connectivity index (χ2v) is 11.2. The van der Waals surface area contributed by atoms with Gasteiger partial charge in [0.1, 0.15) is 0 Å².